The molecule has 5 nitrogen and oxygen atoms in total. The summed E-state index contributed by atoms with van der Waals surface area (Å²) in [4.78, 5) is 4.24. The van der Waals surface area contributed by atoms with E-state index in [0.717, 1.165) is 7.05 Å². The number of nitrogens with one attached hydrogen (secondary N) is 1. The van der Waals surface area contributed by atoms with E-state index in [0.29, 0.717) is 21.0 Å². The number of benzene rings is 1. The third kappa shape index (κ3) is 3.27. The summed E-state index contributed by atoms with van der Waals surface area (Å²) >= 11 is 0. The summed E-state index contributed by atoms with van der Waals surface area (Å²) in [5, 5.41) is 3.51. The van der Waals surface area contributed by atoms with E-state index in [2.05, 4.69) is 10.3 Å². The second kappa shape index (κ2) is 5.90. The van der Waals surface area contributed by atoms with Crippen LogP contribution < -0.4 is 5.32 Å². The molecule has 0 amide bonds. The lowest BCUT2D eigenvalue weighted by molar-refractivity contribution is 0.126. The minimum absolute atomic E-state index is 0.0304. The first-order valence-electron chi connectivity index (χ1n) is 6.17. The molecule has 2 aromatic rings. The molecule has 0 aliphatic rings. The molecule has 0 saturated carbocycles. The van der Waals surface area contributed by atoms with E-state index >= 15 is 0 Å². The normalized spacial score (nSPS) is 12.3. The Morgan fingerprint density at radius 3 is 2.62 bits per heavy atom. The van der Waals surface area contributed by atoms with Gasteiger partial charge in [0, 0.05) is 19.5 Å². The molecular formula is C13H15F2N3O2S. The fourth-order valence-electron chi connectivity index (χ4n) is 1.88. The number of alkyl halides is 2. The van der Waals surface area contributed by atoms with Crippen molar-refractivity contribution in [3.05, 3.63) is 30.3 Å². The number of aromatic nitrogens is 1. The molecular weight excluding hydrogens is 300 g/mol. The van der Waals surface area contributed by atoms with Crippen LogP contribution in [0, 0.1) is 0 Å². The van der Waals surface area contributed by atoms with Crippen LogP contribution in [0.5, 0.6) is 0 Å². The van der Waals surface area contributed by atoms with E-state index in [1.807, 2.05) is 0 Å². The van der Waals surface area contributed by atoms with Gasteiger partial charge in [0.25, 0.3) is 6.43 Å². The first-order chi connectivity index (χ1) is 9.84. The number of anilines is 1. The molecule has 0 bridgehead atoms. The van der Waals surface area contributed by atoms with Gasteiger partial charge in [0.2, 0.25) is 10.0 Å². The molecule has 0 atom stereocenters. The number of nitrogens with zero attached hydrogens (tertiary/aromatic N) is 2. The van der Waals surface area contributed by atoms with Gasteiger partial charge in [-0.15, -0.1) is 0 Å². The number of hydrogen-bond donors (Lipinski definition) is 1. The molecule has 114 valence electrons. The van der Waals surface area contributed by atoms with Crippen LogP contribution in [0.1, 0.15) is 0 Å². The van der Waals surface area contributed by atoms with Crippen molar-refractivity contribution in [1.82, 2.24) is 9.29 Å². The SMILES string of the molecule is CNc1ccc2cc(S(=O)(=O)N(C)CC(F)F)ccc2n1. The smallest absolute Gasteiger partial charge is 0.252 e. The number of fused-ring (bicyclic) bond motifs is 1. The standard InChI is InChI=1S/C13H15F2N3O2S/c1-16-13-6-3-9-7-10(4-5-11(9)17-13)21(19,20)18(2)8-12(14)15/h3-7,12H,8H2,1-2H3,(H,16,17). The Hall–Kier alpha value is -1.80. The van der Waals surface area contributed by atoms with Crippen LogP contribution in [0.15, 0.2) is 35.2 Å². The van der Waals surface area contributed by atoms with Crippen molar-refractivity contribution in [3.63, 3.8) is 0 Å². The van der Waals surface area contributed by atoms with Gasteiger partial charge in [0.1, 0.15) is 5.82 Å². The summed E-state index contributed by atoms with van der Waals surface area (Å²) in [6.45, 7) is -0.836. The van der Waals surface area contributed by atoms with E-state index in [9.17, 15) is 17.2 Å². The topological polar surface area (TPSA) is 62.3 Å². The summed E-state index contributed by atoms with van der Waals surface area (Å²) in [7, 11) is -1.07. The molecule has 0 fully saturated rings. The van der Waals surface area contributed by atoms with Crippen LogP contribution >= 0.6 is 0 Å². The summed E-state index contributed by atoms with van der Waals surface area (Å²) < 4.78 is 49.7. The maximum absolute atomic E-state index is 12.3. The largest absolute Gasteiger partial charge is 0.373 e. The Morgan fingerprint density at radius 1 is 1.29 bits per heavy atom. The first kappa shape index (κ1) is 15.6. The Morgan fingerprint density at radius 2 is 2.00 bits per heavy atom. The second-order valence-corrected chi connectivity index (χ2v) is 6.52. The van der Waals surface area contributed by atoms with E-state index in [1.54, 1.807) is 25.2 Å². The highest BCUT2D eigenvalue weighted by Gasteiger charge is 2.23. The van der Waals surface area contributed by atoms with Gasteiger partial charge in [0.05, 0.1) is 17.0 Å². The van der Waals surface area contributed by atoms with Gasteiger partial charge in [0.15, 0.2) is 0 Å². The zero-order chi connectivity index (χ0) is 15.6. The third-order valence-corrected chi connectivity index (χ3v) is 4.84. The fourth-order valence-corrected chi connectivity index (χ4v) is 3.06. The van der Waals surface area contributed by atoms with E-state index < -0.39 is 23.0 Å². The van der Waals surface area contributed by atoms with Crippen LogP contribution in [0.4, 0.5) is 14.6 Å². The molecule has 0 aliphatic carbocycles. The maximum atomic E-state index is 12.3. The maximum Gasteiger partial charge on any atom is 0.252 e. The van der Waals surface area contributed by atoms with Gasteiger partial charge < -0.3 is 5.32 Å². The molecule has 21 heavy (non-hydrogen) atoms. The van der Waals surface area contributed by atoms with Crippen LogP contribution in [0.3, 0.4) is 0 Å². The Kier molecular flexibility index (Phi) is 4.38. The zero-order valence-electron chi connectivity index (χ0n) is 11.5. The van der Waals surface area contributed by atoms with Crippen LogP contribution in [0.2, 0.25) is 0 Å². The number of rotatable bonds is 5. The van der Waals surface area contributed by atoms with Crippen LogP contribution in [-0.2, 0) is 10.0 Å². The van der Waals surface area contributed by atoms with Crippen molar-refractivity contribution in [2.24, 2.45) is 0 Å². The third-order valence-electron chi connectivity index (χ3n) is 3.02. The Bertz CT molecular complexity index is 750. The molecule has 1 aromatic carbocycles. The zero-order valence-corrected chi connectivity index (χ0v) is 12.4. The van der Waals surface area contributed by atoms with Crippen molar-refractivity contribution >= 4 is 26.7 Å². The van der Waals surface area contributed by atoms with Gasteiger partial charge in [-0.2, -0.15) is 4.31 Å². The minimum Gasteiger partial charge on any atom is -0.373 e. The van der Waals surface area contributed by atoms with E-state index in [1.165, 1.54) is 12.1 Å². The van der Waals surface area contributed by atoms with Crippen molar-refractivity contribution in [2.75, 3.05) is 26.0 Å². The molecule has 8 heteroatoms. The van der Waals surface area contributed by atoms with Crippen molar-refractivity contribution in [1.29, 1.82) is 0 Å². The average molecular weight is 315 g/mol. The molecule has 0 unspecified atom stereocenters. The number of pyridine rings is 1. The lowest BCUT2D eigenvalue weighted by Gasteiger charge is -2.16. The molecule has 1 heterocycles. The number of halogens is 2. The van der Waals surface area contributed by atoms with Crippen molar-refractivity contribution < 1.29 is 17.2 Å². The highest BCUT2D eigenvalue weighted by molar-refractivity contribution is 7.89. The van der Waals surface area contributed by atoms with E-state index in [-0.39, 0.29) is 4.90 Å². The van der Waals surface area contributed by atoms with E-state index in [4.69, 9.17) is 0 Å². The highest BCUT2D eigenvalue weighted by Crippen LogP contribution is 2.22. The lowest BCUT2D eigenvalue weighted by Crippen LogP contribution is -2.31. The quantitative estimate of drug-likeness (QED) is 0.918. The van der Waals surface area contributed by atoms with Crippen molar-refractivity contribution in [3.8, 4) is 0 Å². The molecule has 0 spiro atoms. The molecule has 2 rings (SSSR count). The predicted molar refractivity (Wildman–Crippen MR) is 77.1 cm³/mol. The predicted octanol–water partition coefficient (Wildman–Crippen LogP) is 2.16. The van der Waals surface area contributed by atoms with Gasteiger partial charge in [-0.25, -0.2) is 22.2 Å². The monoisotopic (exact) mass is 315 g/mol. The summed E-state index contributed by atoms with van der Waals surface area (Å²) in [5.74, 6) is 0.660. The fraction of sp³-hybridized carbons (Fsp3) is 0.308. The summed E-state index contributed by atoms with van der Waals surface area (Å²) in [6.07, 6.45) is -2.72. The number of hydrogen-bond acceptors (Lipinski definition) is 4. The van der Waals surface area contributed by atoms with Crippen molar-refractivity contribution in [2.45, 2.75) is 11.3 Å². The molecule has 0 saturated heterocycles. The lowest BCUT2D eigenvalue weighted by atomic mass is 10.2. The molecule has 1 aromatic heterocycles. The molecule has 0 aliphatic heterocycles. The minimum atomic E-state index is -3.93. The molecule has 1 N–H and O–H groups in total. The Balaban J connectivity index is 2.42. The first-order valence-corrected chi connectivity index (χ1v) is 7.61. The molecule has 0 radical (unpaired) electrons. The summed E-state index contributed by atoms with van der Waals surface area (Å²) in [6, 6.07) is 7.78. The van der Waals surface area contributed by atoms with Gasteiger partial charge in [-0.1, -0.05) is 0 Å². The van der Waals surface area contributed by atoms with Crippen LogP contribution in [-0.4, -0.2) is 44.8 Å². The van der Waals surface area contributed by atoms with Crippen LogP contribution in [0.25, 0.3) is 10.9 Å². The highest BCUT2D eigenvalue weighted by atomic mass is 32.2. The summed E-state index contributed by atoms with van der Waals surface area (Å²) in [5.41, 5.74) is 0.623. The number of sulfonamides is 1. The van der Waals surface area contributed by atoms with Gasteiger partial charge in [-0.05, 0) is 30.3 Å². The second-order valence-electron chi connectivity index (χ2n) is 4.48. The Labute approximate surface area is 121 Å². The van der Waals surface area contributed by atoms with Gasteiger partial charge >= 0.3 is 0 Å². The average Bonchev–Trinajstić information content (AvgIpc) is 2.45. The van der Waals surface area contributed by atoms with Gasteiger partial charge in [-0.3, -0.25) is 0 Å².